The first-order valence-corrected chi connectivity index (χ1v) is 6.71. The second-order valence-electron chi connectivity index (χ2n) is 6.18. The zero-order valence-corrected chi connectivity index (χ0v) is 11.8. The minimum atomic E-state index is -1.47. The number of carbonyl (C=O) groups excluding carboxylic acids is 1. The highest BCUT2D eigenvalue weighted by Crippen LogP contribution is 2.58. The van der Waals surface area contributed by atoms with Gasteiger partial charge in [0.2, 0.25) is 0 Å². The van der Waals surface area contributed by atoms with E-state index < -0.39 is 16.9 Å². The molecule has 2 aromatic rings. The molecule has 1 aliphatic carbocycles. The van der Waals surface area contributed by atoms with Gasteiger partial charge < -0.3 is 13.9 Å². The van der Waals surface area contributed by atoms with Crippen molar-refractivity contribution < 1.29 is 18.7 Å². The van der Waals surface area contributed by atoms with E-state index in [1.807, 2.05) is 19.9 Å². The van der Waals surface area contributed by atoms with E-state index in [0.717, 1.165) is 0 Å². The maximum Gasteiger partial charge on any atom is 0.171 e. The summed E-state index contributed by atoms with van der Waals surface area (Å²) in [6, 6.07) is 7.20. The maximum atomic E-state index is 12.6. The monoisotopic (exact) mass is 274 g/mol. The van der Waals surface area contributed by atoms with E-state index >= 15 is 0 Å². The number of furan rings is 2. The molecule has 106 valence electrons. The highest BCUT2D eigenvalue weighted by Gasteiger charge is 2.63. The molecule has 0 amide bonds. The van der Waals surface area contributed by atoms with Crippen molar-refractivity contribution in [2.45, 2.75) is 38.2 Å². The summed E-state index contributed by atoms with van der Waals surface area (Å²) in [6.45, 7) is 5.26. The van der Waals surface area contributed by atoms with Gasteiger partial charge in [-0.3, -0.25) is 4.79 Å². The minimum Gasteiger partial charge on any atom is -0.469 e. The van der Waals surface area contributed by atoms with Crippen molar-refractivity contribution in [2.75, 3.05) is 0 Å². The lowest BCUT2D eigenvalue weighted by atomic mass is 9.76. The van der Waals surface area contributed by atoms with Crippen molar-refractivity contribution >= 4 is 5.78 Å². The van der Waals surface area contributed by atoms with Crippen LogP contribution in [-0.2, 0) is 4.79 Å². The van der Waals surface area contributed by atoms with Gasteiger partial charge in [0.05, 0.1) is 18.4 Å². The molecule has 0 saturated heterocycles. The molecule has 4 heteroatoms. The van der Waals surface area contributed by atoms with E-state index in [2.05, 4.69) is 0 Å². The Bertz CT molecular complexity index is 551. The average molecular weight is 274 g/mol. The number of Topliss-reactive ketones (excluding diaryl/α,β-unsaturated/α-hetero) is 1. The van der Waals surface area contributed by atoms with Gasteiger partial charge in [0.25, 0.3) is 0 Å². The van der Waals surface area contributed by atoms with Gasteiger partial charge in [-0.05, 0) is 31.2 Å². The van der Waals surface area contributed by atoms with Crippen LogP contribution in [0, 0.1) is 5.41 Å². The quantitative estimate of drug-likeness (QED) is 0.914. The van der Waals surface area contributed by atoms with Crippen LogP contribution in [0.1, 0.15) is 44.1 Å². The van der Waals surface area contributed by atoms with Crippen LogP contribution in [0.4, 0.5) is 0 Å². The molecule has 2 heterocycles. The molecule has 0 unspecified atom stereocenters. The molecule has 0 radical (unpaired) electrons. The van der Waals surface area contributed by atoms with E-state index in [4.69, 9.17) is 8.83 Å². The van der Waals surface area contributed by atoms with Crippen molar-refractivity contribution in [3.63, 3.8) is 0 Å². The molecule has 1 aliphatic rings. The highest BCUT2D eigenvalue weighted by atomic mass is 16.3. The number of rotatable bonds is 2. The summed E-state index contributed by atoms with van der Waals surface area (Å²) in [5, 5.41) is 10.7. The fourth-order valence-corrected chi connectivity index (χ4v) is 3.57. The fraction of sp³-hybridized carbons (Fsp3) is 0.438. The molecular weight excluding hydrogens is 256 g/mol. The third-order valence-electron chi connectivity index (χ3n) is 4.46. The lowest BCUT2D eigenvalue weighted by Gasteiger charge is -2.27. The number of hydrogen-bond donors (Lipinski definition) is 1. The Morgan fingerprint density at radius 2 is 1.50 bits per heavy atom. The van der Waals surface area contributed by atoms with Crippen molar-refractivity contribution in [1.29, 1.82) is 0 Å². The molecule has 1 N–H and O–H groups in total. The second-order valence-corrected chi connectivity index (χ2v) is 6.18. The lowest BCUT2D eigenvalue weighted by Crippen LogP contribution is -2.38. The molecule has 0 bridgehead atoms. The van der Waals surface area contributed by atoms with Gasteiger partial charge in [-0.1, -0.05) is 13.8 Å². The molecule has 2 aromatic heterocycles. The normalized spacial score (nSPS) is 32.7. The highest BCUT2D eigenvalue weighted by molar-refractivity contribution is 5.96. The molecule has 1 saturated carbocycles. The first-order valence-electron chi connectivity index (χ1n) is 6.71. The Kier molecular flexibility index (Phi) is 2.70. The van der Waals surface area contributed by atoms with Gasteiger partial charge in [-0.15, -0.1) is 0 Å². The third-order valence-corrected chi connectivity index (χ3v) is 4.46. The van der Waals surface area contributed by atoms with Crippen LogP contribution >= 0.6 is 0 Å². The van der Waals surface area contributed by atoms with E-state index in [1.54, 1.807) is 37.6 Å². The molecule has 1 fully saturated rings. The number of ketones is 1. The van der Waals surface area contributed by atoms with Crippen LogP contribution in [0.25, 0.3) is 0 Å². The Morgan fingerprint density at radius 3 is 1.95 bits per heavy atom. The Labute approximate surface area is 117 Å². The SMILES string of the molecule is CC1(C)C(=O)[C@@](C)(O)[C@H](c2ccco2)[C@H]1c1ccco1. The fourth-order valence-electron chi connectivity index (χ4n) is 3.57. The molecule has 4 nitrogen and oxygen atoms in total. The number of aliphatic hydroxyl groups is 1. The van der Waals surface area contributed by atoms with Crippen molar-refractivity contribution in [3.8, 4) is 0 Å². The Hall–Kier alpha value is -1.81. The summed E-state index contributed by atoms with van der Waals surface area (Å²) < 4.78 is 11.0. The molecule has 3 atom stereocenters. The van der Waals surface area contributed by atoms with Gasteiger partial charge in [0.1, 0.15) is 17.1 Å². The molecule has 0 spiro atoms. The van der Waals surface area contributed by atoms with Crippen LogP contribution in [0.5, 0.6) is 0 Å². The van der Waals surface area contributed by atoms with E-state index in [-0.39, 0.29) is 11.7 Å². The summed E-state index contributed by atoms with van der Waals surface area (Å²) in [5.74, 6) is 0.406. The predicted octanol–water partition coefficient (Wildman–Crippen LogP) is 3.10. The first kappa shape index (κ1) is 13.2. The Balaban J connectivity index is 2.19. The second kappa shape index (κ2) is 4.09. The molecule has 20 heavy (non-hydrogen) atoms. The van der Waals surface area contributed by atoms with E-state index in [9.17, 15) is 9.90 Å². The van der Waals surface area contributed by atoms with Crippen LogP contribution in [-0.4, -0.2) is 16.5 Å². The summed E-state index contributed by atoms with van der Waals surface area (Å²) in [4.78, 5) is 12.6. The number of hydrogen-bond acceptors (Lipinski definition) is 4. The number of carbonyl (C=O) groups is 1. The minimum absolute atomic E-state index is 0.187. The Morgan fingerprint density at radius 1 is 1.00 bits per heavy atom. The zero-order chi connectivity index (χ0) is 14.5. The van der Waals surface area contributed by atoms with Crippen molar-refractivity contribution in [1.82, 2.24) is 0 Å². The average Bonchev–Trinajstić information content (AvgIpc) is 3.07. The molecule has 0 aromatic carbocycles. The van der Waals surface area contributed by atoms with Gasteiger partial charge in [0.15, 0.2) is 5.78 Å². The zero-order valence-electron chi connectivity index (χ0n) is 11.8. The third kappa shape index (κ3) is 1.61. The first-order chi connectivity index (χ1) is 9.37. The standard InChI is InChI=1S/C16H18O4/c1-15(2)12(10-6-4-8-19-10)13(11-7-5-9-20-11)16(3,18)14(15)17/h4-9,12-13,18H,1-3H3/t12-,13-,16+/m1/s1. The van der Waals surface area contributed by atoms with Crippen LogP contribution in [0.15, 0.2) is 45.6 Å². The summed E-state index contributed by atoms with van der Waals surface area (Å²) in [7, 11) is 0. The van der Waals surface area contributed by atoms with Crippen molar-refractivity contribution in [3.05, 3.63) is 48.3 Å². The van der Waals surface area contributed by atoms with Gasteiger partial charge >= 0.3 is 0 Å². The van der Waals surface area contributed by atoms with Gasteiger partial charge in [-0.2, -0.15) is 0 Å². The maximum absolute atomic E-state index is 12.6. The molecule has 0 aliphatic heterocycles. The summed E-state index contributed by atoms with van der Waals surface area (Å²) in [5.41, 5.74) is -2.20. The van der Waals surface area contributed by atoms with Gasteiger partial charge in [-0.25, -0.2) is 0 Å². The van der Waals surface area contributed by atoms with E-state index in [1.165, 1.54) is 0 Å². The van der Waals surface area contributed by atoms with Crippen molar-refractivity contribution in [2.24, 2.45) is 5.41 Å². The van der Waals surface area contributed by atoms with Crippen LogP contribution < -0.4 is 0 Å². The van der Waals surface area contributed by atoms with Gasteiger partial charge in [0, 0.05) is 11.3 Å². The van der Waals surface area contributed by atoms with Crippen LogP contribution in [0.2, 0.25) is 0 Å². The lowest BCUT2D eigenvalue weighted by molar-refractivity contribution is -0.139. The molecule has 3 rings (SSSR count). The van der Waals surface area contributed by atoms with Crippen LogP contribution in [0.3, 0.4) is 0 Å². The topological polar surface area (TPSA) is 63.6 Å². The molecular formula is C16H18O4. The summed E-state index contributed by atoms with van der Waals surface area (Å²) in [6.07, 6.45) is 3.14. The summed E-state index contributed by atoms with van der Waals surface area (Å²) >= 11 is 0. The smallest absolute Gasteiger partial charge is 0.171 e. The predicted molar refractivity (Wildman–Crippen MR) is 72.3 cm³/mol. The van der Waals surface area contributed by atoms with E-state index in [0.29, 0.717) is 11.5 Å². The largest absolute Gasteiger partial charge is 0.469 e.